The molecule has 3 aromatic heterocycles. The first-order chi connectivity index (χ1) is 17.8. The van der Waals surface area contributed by atoms with Crippen LogP contribution in [-0.4, -0.2) is 52.0 Å². The van der Waals surface area contributed by atoms with Gasteiger partial charge >= 0.3 is 0 Å². The largest absolute Gasteiger partial charge is 0.468 e. The van der Waals surface area contributed by atoms with Crippen molar-refractivity contribution in [1.29, 1.82) is 0 Å². The first kappa shape index (κ1) is 22.5. The molecule has 0 amide bonds. The molecule has 1 atom stereocenters. The zero-order valence-corrected chi connectivity index (χ0v) is 20.3. The van der Waals surface area contributed by atoms with Crippen molar-refractivity contribution in [3.63, 3.8) is 0 Å². The predicted molar refractivity (Wildman–Crippen MR) is 138 cm³/mol. The van der Waals surface area contributed by atoms with Crippen LogP contribution in [0.25, 0.3) is 0 Å². The van der Waals surface area contributed by atoms with Gasteiger partial charge in [0.25, 0.3) is 5.95 Å². The summed E-state index contributed by atoms with van der Waals surface area (Å²) in [4.78, 5) is 28.6. The lowest BCUT2D eigenvalue weighted by atomic mass is 10.2. The third kappa shape index (κ3) is 5.16. The number of nitrogens with one attached hydrogen (secondary N) is 2. The van der Waals surface area contributed by atoms with Gasteiger partial charge in [-0.1, -0.05) is 18.2 Å². The van der Waals surface area contributed by atoms with Gasteiger partial charge in [-0.3, -0.25) is 4.98 Å². The summed E-state index contributed by atoms with van der Waals surface area (Å²) in [5, 5.41) is 0.621. The number of benzene rings is 1. The molecule has 2 aliphatic rings. The summed E-state index contributed by atoms with van der Waals surface area (Å²) in [5.41, 5.74) is 7.53. The number of aliphatic imine (C=N–C) groups is 1. The Hall–Kier alpha value is -3.96. The summed E-state index contributed by atoms with van der Waals surface area (Å²) in [6.45, 7) is 3.35. The van der Waals surface area contributed by atoms with Crippen LogP contribution in [0.2, 0.25) is 0 Å². The van der Waals surface area contributed by atoms with Gasteiger partial charge in [0, 0.05) is 55.6 Å². The molecule has 36 heavy (non-hydrogen) atoms. The number of pyridine rings is 1. The minimum absolute atomic E-state index is 0.0134. The van der Waals surface area contributed by atoms with Crippen molar-refractivity contribution < 1.29 is 4.42 Å². The standard InChI is InChI=1S/C25H25N9OS/c1-2-5-19(6-3-1)36-25-29-23(27-22-17-20(31-32-22)21-7-4-16-35-21)28-24(30-25)34-14-12-33(13-15-34)18-8-10-26-11-9-18/h1-11,16,20,31H,12-15,17H2,(H,27,28,29,30,32). The highest BCUT2D eigenvalue weighted by atomic mass is 32.2. The van der Waals surface area contributed by atoms with Crippen molar-refractivity contribution in [3.8, 4) is 0 Å². The van der Waals surface area contributed by atoms with E-state index in [0.717, 1.165) is 42.7 Å². The third-order valence-electron chi connectivity index (χ3n) is 6.04. The molecule has 11 heteroatoms. The molecule has 2 saturated heterocycles. The van der Waals surface area contributed by atoms with Crippen molar-refractivity contribution in [2.75, 3.05) is 36.0 Å². The number of furan rings is 1. The molecule has 6 rings (SSSR count). The maximum absolute atomic E-state index is 5.52. The van der Waals surface area contributed by atoms with Crippen molar-refractivity contribution >= 4 is 35.2 Å². The fraction of sp³-hybridized carbons (Fsp3) is 0.240. The molecule has 2 N–H and O–H groups in total. The van der Waals surface area contributed by atoms with Gasteiger partial charge in [0.15, 0.2) is 5.16 Å². The van der Waals surface area contributed by atoms with Gasteiger partial charge in [-0.05, 0) is 48.2 Å². The minimum atomic E-state index is 0.0134. The van der Waals surface area contributed by atoms with E-state index in [0.29, 0.717) is 23.5 Å². The van der Waals surface area contributed by atoms with E-state index in [4.69, 9.17) is 19.4 Å². The zero-order valence-electron chi connectivity index (χ0n) is 19.5. The van der Waals surface area contributed by atoms with Crippen LogP contribution in [0.15, 0.2) is 92.7 Å². The number of hydrogen-bond acceptors (Lipinski definition) is 10. The van der Waals surface area contributed by atoms with Crippen LogP contribution in [-0.2, 0) is 0 Å². The summed E-state index contributed by atoms with van der Waals surface area (Å²) in [6, 6.07) is 18.0. The molecule has 0 bridgehead atoms. The minimum Gasteiger partial charge on any atom is -0.468 e. The summed E-state index contributed by atoms with van der Waals surface area (Å²) in [6.07, 6.45) is 5.98. The lowest BCUT2D eigenvalue weighted by Crippen LogP contribution is -2.47. The number of piperazine rings is 1. The Morgan fingerprint density at radius 2 is 1.69 bits per heavy atom. The number of hydrogen-bond donors (Lipinski definition) is 2. The average molecular weight is 500 g/mol. The van der Waals surface area contributed by atoms with E-state index in [9.17, 15) is 0 Å². The van der Waals surface area contributed by atoms with E-state index in [1.165, 1.54) is 17.4 Å². The first-order valence-electron chi connectivity index (χ1n) is 11.8. The molecule has 4 aromatic rings. The van der Waals surface area contributed by atoms with Crippen LogP contribution in [0, 0.1) is 0 Å². The Morgan fingerprint density at radius 3 is 2.47 bits per heavy atom. The fourth-order valence-corrected chi connectivity index (χ4v) is 4.97. The van der Waals surface area contributed by atoms with Crippen LogP contribution in [0.5, 0.6) is 0 Å². The van der Waals surface area contributed by atoms with E-state index >= 15 is 0 Å². The second-order valence-corrected chi connectivity index (χ2v) is 9.45. The number of hydrazine groups is 1. The number of nitrogens with zero attached hydrogens (tertiary/aromatic N) is 7. The molecule has 0 aliphatic carbocycles. The monoisotopic (exact) mass is 499 g/mol. The van der Waals surface area contributed by atoms with Gasteiger partial charge in [-0.2, -0.15) is 19.9 Å². The van der Waals surface area contributed by atoms with E-state index in [-0.39, 0.29) is 6.04 Å². The van der Waals surface area contributed by atoms with E-state index < -0.39 is 0 Å². The third-order valence-corrected chi connectivity index (χ3v) is 6.92. The molecule has 182 valence electrons. The van der Waals surface area contributed by atoms with Crippen LogP contribution in [0.4, 0.5) is 17.6 Å². The summed E-state index contributed by atoms with van der Waals surface area (Å²) in [7, 11) is 0. The average Bonchev–Trinajstić information content (AvgIpc) is 3.62. The van der Waals surface area contributed by atoms with Gasteiger partial charge in [0.1, 0.15) is 11.6 Å². The fourth-order valence-electron chi connectivity index (χ4n) is 4.21. The maximum Gasteiger partial charge on any atom is 0.256 e. The highest BCUT2D eigenvalue weighted by Crippen LogP contribution is 2.28. The number of aromatic nitrogens is 4. The smallest absolute Gasteiger partial charge is 0.256 e. The quantitative estimate of drug-likeness (QED) is 0.408. The zero-order chi connectivity index (χ0) is 24.2. The SMILES string of the molecule is c1ccc(Sc2nc(/N=C3\CC(c4ccco4)NN3)nc(N3CCN(c4ccncc4)CC3)n2)cc1. The number of anilines is 2. The Bertz CT molecular complexity index is 1310. The molecule has 1 unspecified atom stereocenters. The van der Waals surface area contributed by atoms with Gasteiger partial charge in [-0.15, -0.1) is 0 Å². The molecule has 2 fully saturated rings. The second kappa shape index (κ2) is 10.3. The second-order valence-electron chi connectivity index (χ2n) is 8.41. The molecular formula is C25H25N9OS. The normalized spacial score (nSPS) is 19.0. The van der Waals surface area contributed by atoms with Crippen molar-refractivity contribution in [2.45, 2.75) is 22.5 Å². The molecule has 0 saturated carbocycles. The summed E-state index contributed by atoms with van der Waals surface area (Å²) >= 11 is 1.51. The van der Waals surface area contributed by atoms with Crippen LogP contribution >= 0.6 is 11.8 Å². The molecule has 10 nitrogen and oxygen atoms in total. The first-order valence-corrected chi connectivity index (χ1v) is 12.6. The van der Waals surface area contributed by atoms with E-state index in [2.05, 4.69) is 30.6 Å². The maximum atomic E-state index is 5.52. The Kier molecular flexibility index (Phi) is 6.46. The molecular weight excluding hydrogens is 474 g/mol. The molecule has 5 heterocycles. The molecule has 2 aliphatic heterocycles. The highest BCUT2D eigenvalue weighted by Gasteiger charge is 2.25. The summed E-state index contributed by atoms with van der Waals surface area (Å²) < 4.78 is 5.52. The Labute approximate surface area is 212 Å². The van der Waals surface area contributed by atoms with Gasteiger partial charge in [-0.25, -0.2) is 5.43 Å². The van der Waals surface area contributed by atoms with Crippen molar-refractivity contribution in [1.82, 2.24) is 30.8 Å². The molecule has 0 radical (unpaired) electrons. The predicted octanol–water partition coefficient (Wildman–Crippen LogP) is 3.61. The van der Waals surface area contributed by atoms with E-state index in [1.54, 1.807) is 6.26 Å². The van der Waals surface area contributed by atoms with Crippen LogP contribution in [0.3, 0.4) is 0 Å². The Balaban J connectivity index is 1.24. The van der Waals surface area contributed by atoms with E-state index in [1.807, 2.05) is 67.0 Å². The molecule has 1 aromatic carbocycles. The number of amidine groups is 1. The van der Waals surface area contributed by atoms with Crippen molar-refractivity contribution in [3.05, 3.63) is 79.0 Å². The lowest BCUT2D eigenvalue weighted by molar-refractivity contribution is 0.433. The number of rotatable bonds is 6. The van der Waals surface area contributed by atoms with Gasteiger partial charge in [0.05, 0.1) is 12.3 Å². The van der Waals surface area contributed by atoms with Crippen molar-refractivity contribution in [2.24, 2.45) is 4.99 Å². The lowest BCUT2D eigenvalue weighted by Gasteiger charge is -2.36. The van der Waals surface area contributed by atoms with Crippen LogP contribution in [0.1, 0.15) is 18.2 Å². The Morgan fingerprint density at radius 1 is 0.889 bits per heavy atom. The van der Waals surface area contributed by atoms with Gasteiger partial charge < -0.3 is 19.6 Å². The molecule has 0 spiro atoms. The summed E-state index contributed by atoms with van der Waals surface area (Å²) in [5.74, 6) is 2.65. The van der Waals surface area contributed by atoms with Crippen LogP contribution < -0.4 is 20.7 Å². The topological polar surface area (TPSA) is 108 Å². The highest BCUT2D eigenvalue weighted by molar-refractivity contribution is 7.99. The van der Waals surface area contributed by atoms with Gasteiger partial charge in [0.2, 0.25) is 5.95 Å².